The van der Waals surface area contributed by atoms with Gasteiger partial charge in [0.05, 0.1) is 5.69 Å². The molecule has 8 heteroatoms. The van der Waals surface area contributed by atoms with Crippen molar-refractivity contribution in [2.75, 3.05) is 18.1 Å². The maximum Gasteiger partial charge on any atom is 0.335 e. The number of barbiturate groups is 1. The fourth-order valence-electron chi connectivity index (χ4n) is 3.64. The van der Waals surface area contributed by atoms with Crippen LogP contribution in [0.4, 0.5) is 10.5 Å². The maximum absolute atomic E-state index is 13.0. The van der Waals surface area contributed by atoms with E-state index in [1.807, 2.05) is 26.0 Å². The summed E-state index contributed by atoms with van der Waals surface area (Å²) in [4.78, 5) is 38.6. The van der Waals surface area contributed by atoms with Gasteiger partial charge in [-0.15, -0.1) is 0 Å². The summed E-state index contributed by atoms with van der Waals surface area (Å²) in [5, 5.41) is 2.22. The Morgan fingerprint density at radius 1 is 0.829 bits per heavy atom. The molecule has 1 fully saturated rings. The van der Waals surface area contributed by atoms with Crippen LogP contribution in [0.5, 0.6) is 11.5 Å². The second kappa shape index (κ2) is 10.6. The van der Waals surface area contributed by atoms with Crippen molar-refractivity contribution >= 4 is 45.5 Å². The lowest BCUT2D eigenvalue weighted by Crippen LogP contribution is -2.54. The van der Waals surface area contributed by atoms with Gasteiger partial charge in [-0.05, 0) is 85.1 Å². The van der Waals surface area contributed by atoms with E-state index >= 15 is 0 Å². The molecule has 1 aliphatic rings. The molecule has 1 heterocycles. The molecule has 0 spiro atoms. The van der Waals surface area contributed by atoms with Crippen molar-refractivity contribution in [3.8, 4) is 11.5 Å². The first-order valence-electron chi connectivity index (χ1n) is 10.9. The van der Waals surface area contributed by atoms with E-state index in [0.717, 1.165) is 26.2 Å². The lowest BCUT2D eigenvalue weighted by Gasteiger charge is -2.26. The second-order valence-corrected chi connectivity index (χ2v) is 8.94. The van der Waals surface area contributed by atoms with Crippen LogP contribution in [0.2, 0.25) is 0 Å². The molecule has 0 radical (unpaired) electrons. The molecule has 7 nitrogen and oxygen atoms in total. The van der Waals surface area contributed by atoms with Crippen LogP contribution in [0.3, 0.4) is 0 Å². The van der Waals surface area contributed by atoms with Gasteiger partial charge >= 0.3 is 6.03 Å². The first-order valence-corrected chi connectivity index (χ1v) is 11.7. The molecule has 4 rings (SSSR count). The average Bonchev–Trinajstić information content (AvgIpc) is 2.81. The van der Waals surface area contributed by atoms with Crippen LogP contribution in [0, 0.1) is 13.8 Å². The topological polar surface area (TPSA) is 84.9 Å². The fourth-order valence-corrected chi connectivity index (χ4v) is 3.91. The molecule has 3 aromatic carbocycles. The number of anilines is 1. The predicted molar refractivity (Wildman–Crippen MR) is 136 cm³/mol. The first kappa shape index (κ1) is 24.2. The molecule has 4 amide bonds. The van der Waals surface area contributed by atoms with E-state index in [1.165, 1.54) is 6.08 Å². The molecular formula is C27H23BrN2O5. The summed E-state index contributed by atoms with van der Waals surface area (Å²) in [5.74, 6) is 0.00331. The second-order valence-electron chi connectivity index (χ2n) is 8.02. The number of nitrogens with zero attached hydrogens (tertiary/aromatic N) is 1. The number of urea groups is 1. The maximum atomic E-state index is 13.0. The monoisotopic (exact) mass is 534 g/mol. The molecule has 0 atom stereocenters. The highest BCUT2D eigenvalue weighted by Gasteiger charge is 2.36. The van der Waals surface area contributed by atoms with Crippen molar-refractivity contribution in [2.24, 2.45) is 0 Å². The lowest BCUT2D eigenvalue weighted by atomic mass is 10.1. The number of hydrogen-bond donors (Lipinski definition) is 1. The number of nitrogens with one attached hydrogen (secondary N) is 1. The molecule has 0 aromatic heterocycles. The average molecular weight is 535 g/mol. The Labute approximate surface area is 211 Å². The van der Waals surface area contributed by atoms with Gasteiger partial charge in [-0.2, -0.15) is 0 Å². The number of benzene rings is 3. The van der Waals surface area contributed by atoms with Gasteiger partial charge in [-0.25, -0.2) is 9.69 Å². The molecule has 0 bridgehead atoms. The summed E-state index contributed by atoms with van der Waals surface area (Å²) in [5.41, 5.74) is 3.12. The molecule has 178 valence electrons. The number of carbonyl (C=O) groups excluding carboxylic acids is 3. The molecule has 0 saturated carbocycles. The van der Waals surface area contributed by atoms with Gasteiger partial charge in [0.25, 0.3) is 11.8 Å². The summed E-state index contributed by atoms with van der Waals surface area (Å²) < 4.78 is 12.3. The van der Waals surface area contributed by atoms with Gasteiger partial charge in [0.15, 0.2) is 0 Å². The Kier molecular flexibility index (Phi) is 7.31. The highest BCUT2D eigenvalue weighted by atomic mass is 79.9. The van der Waals surface area contributed by atoms with Crippen molar-refractivity contribution in [1.29, 1.82) is 0 Å². The van der Waals surface area contributed by atoms with Crippen LogP contribution in [0.15, 0.2) is 76.8 Å². The summed E-state index contributed by atoms with van der Waals surface area (Å²) in [7, 11) is 0. The predicted octanol–water partition coefficient (Wildman–Crippen LogP) is 5.19. The number of aryl methyl sites for hydroxylation is 2. The Hall–Kier alpha value is -3.91. The van der Waals surface area contributed by atoms with Crippen molar-refractivity contribution in [1.82, 2.24) is 5.32 Å². The first-order chi connectivity index (χ1) is 16.8. The van der Waals surface area contributed by atoms with Gasteiger partial charge in [-0.3, -0.25) is 14.9 Å². The molecule has 1 saturated heterocycles. The van der Waals surface area contributed by atoms with Crippen LogP contribution in [0.25, 0.3) is 6.08 Å². The summed E-state index contributed by atoms with van der Waals surface area (Å²) >= 11 is 3.32. The zero-order valence-corrected chi connectivity index (χ0v) is 20.8. The Morgan fingerprint density at radius 3 is 2.06 bits per heavy atom. The van der Waals surface area contributed by atoms with Crippen LogP contribution >= 0.6 is 15.9 Å². The van der Waals surface area contributed by atoms with Crippen LogP contribution < -0.4 is 19.7 Å². The van der Waals surface area contributed by atoms with Crippen molar-refractivity contribution in [2.45, 2.75) is 13.8 Å². The fraction of sp³-hybridized carbons (Fsp3) is 0.148. The van der Waals surface area contributed by atoms with Gasteiger partial charge in [0.2, 0.25) is 0 Å². The Morgan fingerprint density at radius 2 is 1.43 bits per heavy atom. The highest BCUT2D eigenvalue weighted by molar-refractivity contribution is 9.10. The Balaban J connectivity index is 1.39. The van der Waals surface area contributed by atoms with Gasteiger partial charge in [0, 0.05) is 4.47 Å². The normalized spacial score (nSPS) is 14.8. The standard InChI is InChI=1S/C27H23BrN2O5/c1-17-13-18(2)15-23(14-17)35-12-11-34-22-9-3-19(4-10-22)16-24-25(31)29-27(33)30(26(24)32)21-7-5-20(28)6-8-21/h3-10,13-16H,11-12H2,1-2H3,(H,29,31,33)/b24-16+. The van der Waals surface area contributed by atoms with E-state index in [0.29, 0.717) is 30.2 Å². The molecule has 0 aliphatic carbocycles. The SMILES string of the molecule is Cc1cc(C)cc(OCCOc2ccc(/C=C3\C(=O)NC(=O)N(c4ccc(Br)cc4)C3=O)cc2)c1. The van der Waals surface area contributed by atoms with Crippen LogP contribution in [-0.4, -0.2) is 31.1 Å². The minimum Gasteiger partial charge on any atom is -0.490 e. The van der Waals surface area contributed by atoms with Crippen molar-refractivity contribution in [3.63, 3.8) is 0 Å². The van der Waals surface area contributed by atoms with E-state index in [1.54, 1.807) is 48.5 Å². The van der Waals surface area contributed by atoms with Gasteiger partial charge in [-0.1, -0.05) is 34.1 Å². The zero-order chi connectivity index (χ0) is 24.9. The van der Waals surface area contributed by atoms with E-state index < -0.39 is 17.8 Å². The molecule has 0 unspecified atom stereocenters. The quantitative estimate of drug-likeness (QED) is 0.256. The van der Waals surface area contributed by atoms with E-state index in [9.17, 15) is 14.4 Å². The largest absolute Gasteiger partial charge is 0.490 e. The molecule has 35 heavy (non-hydrogen) atoms. The smallest absolute Gasteiger partial charge is 0.335 e. The van der Waals surface area contributed by atoms with Crippen molar-refractivity contribution in [3.05, 3.63) is 93.5 Å². The number of ether oxygens (including phenoxy) is 2. The van der Waals surface area contributed by atoms with Crippen molar-refractivity contribution < 1.29 is 23.9 Å². The third kappa shape index (κ3) is 5.96. The Bertz CT molecular complexity index is 1280. The van der Waals surface area contributed by atoms with E-state index in [4.69, 9.17) is 9.47 Å². The summed E-state index contributed by atoms with van der Waals surface area (Å²) in [6, 6.07) is 18.8. The summed E-state index contributed by atoms with van der Waals surface area (Å²) in [6.07, 6.45) is 1.45. The minimum atomic E-state index is -0.786. The lowest BCUT2D eigenvalue weighted by molar-refractivity contribution is -0.122. The minimum absolute atomic E-state index is 0.136. The highest BCUT2D eigenvalue weighted by Crippen LogP contribution is 2.24. The van der Waals surface area contributed by atoms with Crippen LogP contribution in [-0.2, 0) is 9.59 Å². The zero-order valence-electron chi connectivity index (χ0n) is 19.2. The van der Waals surface area contributed by atoms with E-state index in [-0.39, 0.29) is 5.57 Å². The molecule has 3 aromatic rings. The van der Waals surface area contributed by atoms with Crippen LogP contribution in [0.1, 0.15) is 16.7 Å². The summed E-state index contributed by atoms with van der Waals surface area (Å²) in [6.45, 7) is 4.80. The number of carbonyl (C=O) groups is 3. The van der Waals surface area contributed by atoms with Gasteiger partial charge < -0.3 is 9.47 Å². The number of rotatable bonds is 7. The third-order valence-corrected chi connectivity index (χ3v) is 5.72. The number of amides is 4. The van der Waals surface area contributed by atoms with E-state index in [2.05, 4.69) is 27.3 Å². The molecule has 1 aliphatic heterocycles. The number of hydrogen-bond acceptors (Lipinski definition) is 5. The van der Waals surface area contributed by atoms with Gasteiger partial charge in [0.1, 0.15) is 30.3 Å². The third-order valence-electron chi connectivity index (χ3n) is 5.19. The molecule has 1 N–H and O–H groups in total. The molecular weight excluding hydrogens is 512 g/mol. The number of halogens is 1. The number of imide groups is 2.